The predicted octanol–water partition coefficient (Wildman–Crippen LogP) is 2.18. The average molecular weight is 321 g/mol. The van der Waals surface area contributed by atoms with Crippen molar-refractivity contribution in [1.82, 2.24) is 0 Å². The van der Waals surface area contributed by atoms with Crippen LogP contribution in [0, 0.1) is 0 Å². The van der Waals surface area contributed by atoms with Gasteiger partial charge in [-0.15, -0.1) is 11.8 Å². The van der Waals surface area contributed by atoms with Crippen LogP contribution in [0.4, 0.5) is 5.69 Å². The van der Waals surface area contributed by atoms with E-state index >= 15 is 0 Å². The van der Waals surface area contributed by atoms with Gasteiger partial charge < -0.3 is 4.74 Å². The molecular formula is C16H19NO4S. The maximum atomic E-state index is 12.5. The Morgan fingerprint density at radius 2 is 2.05 bits per heavy atom. The lowest BCUT2D eigenvalue weighted by Crippen LogP contribution is -2.32. The fraction of sp³-hybridized carbons (Fsp3) is 0.438. The number of aryl methyl sites for hydroxylation is 1. The van der Waals surface area contributed by atoms with Crippen LogP contribution in [0.3, 0.4) is 0 Å². The van der Waals surface area contributed by atoms with Crippen molar-refractivity contribution in [2.75, 3.05) is 17.3 Å². The first kappa shape index (κ1) is 16.5. The van der Waals surface area contributed by atoms with Gasteiger partial charge in [-0.1, -0.05) is 25.1 Å². The van der Waals surface area contributed by atoms with E-state index in [2.05, 4.69) is 0 Å². The second-order valence-electron chi connectivity index (χ2n) is 4.86. The van der Waals surface area contributed by atoms with Gasteiger partial charge in [-0.05, 0) is 25.0 Å². The van der Waals surface area contributed by atoms with E-state index in [1.807, 2.05) is 25.1 Å². The number of ether oxygens (including phenoxy) is 1. The molecule has 0 aromatic heterocycles. The molecule has 2 rings (SSSR count). The zero-order chi connectivity index (χ0) is 16.1. The molecule has 6 heteroatoms. The van der Waals surface area contributed by atoms with Gasteiger partial charge in [0.15, 0.2) is 0 Å². The monoisotopic (exact) mass is 321 g/mol. The third-order valence-corrected chi connectivity index (χ3v) is 4.60. The zero-order valence-electron chi connectivity index (χ0n) is 12.7. The molecule has 1 aliphatic heterocycles. The van der Waals surface area contributed by atoms with Crippen molar-refractivity contribution in [3.63, 3.8) is 0 Å². The Balaban J connectivity index is 2.10. The molecule has 1 aliphatic rings. The molecule has 22 heavy (non-hydrogen) atoms. The van der Waals surface area contributed by atoms with Crippen LogP contribution in [0.1, 0.15) is 25.8 Å². The number of hydrogen-bond donors (Lipinski definition) is 0. The molecule has 0 N–H and O–H groups in total. The Morgan fingerprint density at radius 1 is 1.32 bits per heavy atom. The van der Waals surface area contributed by atoms with Crippen molar-refractivity contribution in [3.8, 4) is 0 Å². The van der Waals surface area contributed by atoms with Crippen molar-refractivity contribution in [2.24, 2.45) is 0 Å². The van der Waals surface area contributed by atoms with Gasteiger partial charge in [0.1, 0.15) is 0 Å². The normalized spacial score (nSPS) is 17.9. The summed E-state index contributed by atoms with van der Waals surface area (Å²) in [5, 5.41) is -0.512. The Hall–Kier alpha value is -1.82. The number of amides is 2. The van der Waals surface area contributed by atoms with E-state index in [1.54, 1.807) is 13.0 Å². The summed E-state index contributed by atoms with van der Waals surface area (Å²) in [6.07, 6.45) is 0.870. The van der Waals surface area contributed by atoms with Crippen LogP contribution in [0.5, 0.6) is 0 Å². The van der Waals surface area contributed by atoms with Gasteiger partial charge >= 0.3 is 5.97 Å². The number of esters is 1. The molecule has 1 unspecified atom stereocenters. The maximum Gasteiger partial charge on any atom is 0.315 e. The molecular weight excluding hydrogens is 302 g/mol. The first-order valence-corrected chi connectivity index (χ1v) is 8.35. The second kappa shape index (κ2) is 7.45. The summed E-state index contributed by atoms with van der Waals surface area (Å²) in [7, 11) is 0. The summed E-state index contributed by atoms with van der Waals surface area (Å²) in [6.45, 7) is 4.03. The minimum atomic E-state index is -0.512. The molecule has 1 atom stereocenters. The number of benzene rings is 1. The molecule has 1 fully saturated rings. The predicted molar refractivity (Wildman–Crippen MR) is 85.8 cm³/mol. The summed E-state index contributed by atoms with van der Waals surface area (Å²) in [4.78, 5) is 37.3. The molecule has 0 saturated carbocycles. The van der Waals surface area contributed by atoms with Gasteiger partial charge in [-0.3, -0.25) is 14.4 Å². The fourth-order valence-electron chi connectivity index (χ4n) is 2.39. The third-order valence-electron chi connectivity index (χ3n) is 3.43. The van der Waals surface area contributed by atoms with Crippen molar-refractivity contribution in [3.05, 3.63) is 29.8 Å². The standard InChI is InChI=1S/C16H19NO4S/c1-3-11-7-5-6-8-12(11)17-14(18)9-13(16(17)20)22-10-15(19)21-4-2/h5-8,13H,3-4,9-10H2,1-2H3. The summed E-state index contributed by atoms with van der Waals surface area (Å²) in [6, 6.07) is 7.40. The number of nitrogens with zero attached hydrogens (tertiary/aromatic N) is 1. The first-order valence-electron chi connectivity index (χ1n) is 7.30. The van der Waals surface area contributed by atoms with Crippen LogP contribution in [-0.4, -0.2) is 35.4 Å². The Bertz CT molecular complexity index is 587. The number of anilines is 1. The van der Waals surface area contributed by atoms with Gasteiger partial charge in [0.25, 0.3) is 0 Å². The number of imide groups is 1. The van der Waals surface area contributed by atoms with E-state index in [0.717, 1.165) is 12.0 Å². The molecule has 5 nitrogen and oxygen atoms in total. The highest BCUT2D eigenvalue weighted by atomic mass is 32.2. The van der Waals surface area contributed by atoms with Crippen LogP contribution in [0.2, 0.25) is 0 Å². The molecule has 1 aromatic rings. The van der Waals surface area contributed by atoms with E-state index in [1.165, 1.54) is 16.7 Å². The van der Waals surface area contributed by atoms with Crippen LogP contribution < -0.4 is 4.90 Å². The largest absolute Gasteiger partial charge is 0.465 e. The number of rotatable bonds is 6. The molecule has 0 radical (unpaired) electrons. The summed E-state index contributed by atoms with van der Waals surface area (Å²) < 4.78 is 4.84. The molecule has 1 saturated heterocycles. The number of carbonyl (C=O) groups excluding carboxylic acids is 3. The van der Waals surface area contributed by atoms with Gasteiger partial charge in [-0.2, -0.15) is 0 Å². The van der Waals surface area contributed by atoms with Crippen molar-refractivity contribution in [1.29, 1.82) is 0 Å². The molecule has 1 aromatic carbocycles. The quantitative estimate of drug-likeness (QED) is 0.593. The van der Waals surface area contributed by atoms with E-state index in [4.69, 9.17) is 4.74 Å². The fourth-order valence-corrected chi connectivity index (χ4v) is 3.32. The molecule has 118 valence electrons. The van der Waals surface area contributed by atoms with E-state index < -0.39 is 5.25 Å². The molecule has 0 spiro atoms. The van der Waals surface area contributed by atoms with Crippen LogP contribution in [0.15, 0.2) is 24.3 Å². The smallest absolute Gasteiger partial charge is 0.315 e. The SMILES string of the molecule is CCOC(=O)CSC1CC(=O)N(c2ccccc2CC)C1=O. The third kappa shape index (κ3) is 3.50. The number of thioether (sulfide) groups is 1. The second-order valence-corrected chi connectivity index (χ2v) is 6.05. The van der Waals surface area contributed by atoms with Gasteiger partial charge in [0, 0.05) is 6.42 Å². The van der Waals surface area contributed by atoms with Crippen LogP contribution >= 0.6 is 11.8 Å². The minimum absolute atomic E-state index is 0.0841. The summed E-state index contributed by atoms with van der Waals surface area (Å²) in [5.74, 6) is -0.742. The number of carbonyl (C=O) groups is 3. The average Bonchev–Trinajstić information content (AvgIpc) is 2.79. The first-order chi connectivity index (χ1) is 10.6. The topological polar surface area (TPSA) is 63.7 Å². The van der Waals surface area contributed by atoms with Gasteiger partial charge in [-0.25, -0.2) is 4.90 Å². The van der Waals surface area contributed by atoms with Crippen LogP contribution in [0.25, 0.3) is 0 Å². The molecule has 0 bridgehead atoms. The van der Waals surface area contributed by atoms with Gasteiger partial charge in [0.05, 0.1) is 23.3 Å². The highest BCUT2D eigenvalue weighted by Crippen LogP contribution is 2.31. The van der Waals surface area contributed by atoms with Crippen molar-refractivity contribution in [2.45, 2.75) is 31.9 Å². The lowest BCUT2D eigenvalue weighted by Gasteiger charge is -2.18. The summed E-state index contributed by atoms with van der Waals surface area (Å²) >= 11 is 1.17. The Labute approximate surface area is 134 Å². The highest BCUT2D eigenvalue weighted by Gasteiger charge is 2.40. The van der Waals surface area contributed by atoms with E-state index in [0.29, 0.717) is 12.3 Å². The Morgan fingerprint density at radius 3 is 2.73 bits per heavy atom. The maximum absolute atomic E-state index is 12.5. The lowest BCUT2D eigenvalue weighted by atomic mass is 10.1. The van der Waals surface area contributed by atoms with E-state index in [-0.39, 0.29) is 30.0 Å². The van der Waals surface area contributed by atoms with Crippen LogP contribution in [-0.2, 0) is 25.5 Å². The number of hydrogen-bond acceptors (Lipinski definition) is 5. The highest BCUT2D eigenvalue weighted by molar-refractivity contribution is 8.01. The number of para-hydroxylation sites is 1. The minimum Gasteiger partial charge on any atom is -0.465 e. The van der Waals surface area contributed by atoms with Gasteiger partial charge in [0.2, 0.25) is 11.8 Å². The zero-order valence-corrected chi connectivity index (χ0v) is 13.5. The molecule has 2 amide bonds. The summed E-state index contributed by atoms with van der Waals surface area (Å²) in [5.41, 5.74) is 1.61. The van der Waals surface area contributed by atoms with Crippen molar-refractivity contribution < 1.29 is 19.1 Å². The van der Waals surface area contributed by atoms with Crippen molar-refractivity contribution >= 4 is 35.2 Å². The molecule has 0 aliphatic carbocycles. The Kier molecular flexibility index (Phi) is 5.60. The molecule has 1 heterocycles. The van der Waals surface area contributed by atoms with E-state index in [9.17, 15) is 14.4 Å². The lowest BCUT2D eigenvalue weighted by molar-refractivity contribution is -0.139.